The molecule has 0 N–H and O–H groups in total. The van der Waals surface area contributed by atoms with E-state index in [2.05, 4.69) is 0 Å². The Morgan fingerprint density at radius 1 is 0.889 bits per heavy atom. The second-order valence-corrected chi connectivity index (χ2v) is 7.82. The molecule has 0 aromatic heterocycles. The summed E-state index contributed by atoms with van der Waals surface area (Å²) >= 11 is 5.76. The lowest BCUT2D eigenvalue weighted by molar-refractivity contribution is -0.143. The van der Waals surface area contributed by atoms with E-state index >= 15 is 0 Å². The Bertz CT molecular complexity index is 942. The lowest BCUT2D eigenvalue weighted by Gasteiger charge is -2.14. The number of benzene rings is 2. The van der Waals surface area contributed by atoms with Crippen molar-refractivity contribution in [1.82, 2.24) is 0 Å². The van der Waals surface area contributed by atoms with Crippen molar-refractivity contribution in [3.63, 3.8) is 0 Å². The van der Waals surface area contributed by atoms with Crippen LogP contribution in [0, 0.1) is 6.92 Å². The predicted octanol–water partition coefficient (Wildman–Crippen LogP) is 6.04. The molecule has 0 radical (unpaired) electrons. The van der Waals surface area contributed by atoms with Crippen molar-refractivity contribution < 1.29 is 34.8 Å². The molecule has 2 rings (SSSR count). The van der Waals surface area contributed by atoms with Crippen LogP contribution >= 0.6 is 11.6 Å². The highest BCUT2D eigenvalue weighted by molar-refractivity contribution is 7.94. The third kappa shape index (κ3) is 5.26. The van der Waals surface area contributed by atoms with Gasteiger partial charge in [0, 0.05) is 0 Å². The molecule has 0 unspecified atom stereocenters. The molecule has 0 saturated carbocycles. The molecule has 0 spiro atoms. The van der Waals surface area contributed by atoms with E-state index in [1.807, 2.05) is 0 Å². The van der Waals surface area contributed by atoms with Gasteiger partial charge < -0.3 is 0 Å². The molecule has 0 atom stereocenters. The van der Waals surface area contributed by atoms with E-state index in [1.54, 1.807) is 6.92 Å². The summed E-state index contributed by atoms with van der Waals surface area (Å²) in [7, 11) is -4.18. The molecule has 0 aliphatic heterocycles. The van der Waals surface area contributed by atoms with E-state index in [0.717, 1.165) is 5.56 Å². The first-order valence-corrected chi connectivity index (χ1v) is 9.11. The lowest BCUT2D eigenvalue weighted by atomic mass is 10.0. The van der Waals surface area contributed by atoms with Crippen LogP contribution < -0.4 is 0 Å². The SMILES string of the molecule is Cc1ccc(S(=O)(=O)/C=C(\Cl)c2cc(C(F)(F)F)cc(C(F)(F)F)c2)cc1. The van der Waals surface area contributed by atoms with E-state index in [0.29, 0.717) is 17.5 Å². The van der Waals surface area contributed by atoms with Crippen molar-refractivity contribution >= 4 is 26.5 Å². The monoisotopic (exact) mass is 428 g/mol. The second kappa shape index (κ2) is 7.20. The van der Waals surface area contributed by atoms with E-state index in [9.17, 15) is 34.8 Å². The van der Waals surface area contributed by atoms with Gasteiger partial charge >= 0.3 is 12.4 Å². The van der Waals surface area contributed by atoms with Crippen LogP contribution in [-0.4, -0.2) is 8.42 Å². The molecular weight excluding hydrogens is 418 g/mol. The molecule has 2 aromatic carbocycles. The number of hydrogen-bond acceptors (Lipinski definition) is 2. The van der Waals surface area contributed by atoms with E-state index in [1.165, 1.54) is 24.3 Å². The number of halogens is 7. The first kappa shape index (κ1) is 21.3. The maximum Gasteiger partial charge on any atom is 0.416 e. The maximum atomic E-state index is 12.9. The Kier molecular flexibility index (Phi) is 5.68. The van der Waals surface area contributed by atoms with Crippen molar-refractivity contribution in [2.45, 2.75) is 24.2 Å². The van der Waals surface area contributed by atoms with E-state index < -0.39 is 43.9 Å². The zero-order valence-electron chi connectivity index (χ0n) is 13.5. The third-order valence-electron chi connectivity index (χ3n) is 3.47. The smallest absolute Gasteiger partial charge is 0.219 e. The minimum Gasteiger partial charge on any atom is -0.219 e. The molecule has 2 aromatic rings. The van der Waals surface area contributed by atoms with Crippen molar-refractivity contribution in [3.8, 4) is 0 Å². The summed E-state index contributed by atoms with van der Waals surface area (Å²) in [6.07, 6.45) is -10.1. The summed E-state index contributed by atoms with van der Waals surface area (Å²) < 4.78 is 102. The van der Waals surface area contributed by atoms with E-state index in [-0.39, 0.29) is 11.0 Å². The fourth-order valence-corrected chi connectivity index (χ4v) is 3.61. The fraction of sp³-hybridized carbons (Fsp3) is 0.176. The first-order valence-electron chi connectivity index (χ1n) is 7.19. The predicted molar refractivity (Wildman–Crippen MR) is 88.6 cm³/mol. The molecule has 0 amide bonds. The number of rotatable bonds is 3. The summed E-state index contributed by atoms with van der Waals surface area (Å²) in [5.41, 5.74) is -3.13. The third-order valence-corrected chi connectivity index (χ3v) is 5.40. The highest BCUT2D eigenvalue weighted by atomic mass is 35.5. The Balaban J connectivity index is 2.58. The van der Waals surface area contributed by atoms with Gasteiger partial charge in [-0.05, 0) is 42.8 Å². The Morgan fingerprint density at radius 2 is 1.33 bits per heavy atom. The topological polar surface area (TPSA) is 34.1 Å². The number of aryl methyl sites for hydroxylation is 1. The van der Waals surface area contributed by atoms with Gasteiger partial charge in [0.25, 0.3) is 0 Å². The molecule has 10 heteroatoms. The number of hydrogen-bond donors (Lipinski definition) is 0. The summed E-state index contributed by atoms with van der Waals surface area (Å²) in [6.45, 7) is 1.71. The van der Waals surface area contributed by atoms with Crippen LogP contribution in [0.5, 0.6) is 0 Å². The van der Waals surface area contributed by atoms with Crippen LogP contribution in [0.4, 0.5) is 26.3 Å². The van der Waals surface area contributed by atoms with Crippen LogP contribution in [0.15, 0.2) is 52.8 Å². The zero-order valence-corrected chi connectivity index (χ0v) is 15.1. The second-order valence-electron chi connectivity index (χ2n) is 5.62. The van der Waals surface area contributed by atoms with Gasteiger partial charge in [0.1, 0.15) is 0 Å². The number of alkyl halides is 6. The van der Waals surface area contributed by atoms with Crippen LogP contribution in [0.1, 0.15) is 22.3 Å². The molecule has 146 valence electrons. The van der Waals surface area contributed by atoms with Crippen LogP contribution in [0.2, 0.25) is 0 Å². The molecule has 2 nitrogen and oxygen atoms in total. The van der Waals surface area contributed by atoms with Gasteiger partial charge in [-0.25, -0.2) is 8.42 Å². The first-order chi connectivity index (χ1) is 12.2. The summed E-state index contributed by atoms with van der Waals surface area (Å²) in [5.74, 6) is 0. The van der Waals surface area contributed by atoms with Crippen molar-refractivity contribution in [1.29, 1.82) is 0 Å². The Labute approximate surface area is 156 Å². The molecule has 0 aliphatic rings. The van der Waals surface area contributed by atoms with Crippen LogP contribution in [-0.2, 0) is 22.2 Å². The highest BCUT2D eigenvalue weighted by Crippen LogP contribution is 2.38. The van der Waals surface area contributed by atoms with Gasteiger partial charge in [0.2, 0.25) is 9.84 Å². The summed E-state index contributed by atoms with van der Waals surface area (Å²) in [5, 5.41) is -0.346. The van der Waals surface area contributed by atoms with Crippen molar-refractivity contribution in [2.24, 2.45) is 0 Å². The van der Waals surface area contributed by atoms with Gasteiger partial charge in [-0.1, -0.05) is 29.3 Å². The molecular formula is C17H11ClF6O2S. The van der Waals surface area contributed by atoms with E-state index in [4.69, 9.17) is 11.6 Å². The Hall–Kier alpha value is -2.00. The molecule has 27 heavy (non-hydrogen) atoms. The molecule has 0 bridgehead atoms. The maximum absolute atomic E-state index is 12.9. The summed E-state index contributed by atoms with van der Waals surface area (Å²) in [6, 6.07) is 6.12. The van der Waals surface area contributed by atoms with Crippen LogP contribution in [0.25, 0.3) is 5.03 Å². The van der Waals surface area contributed by atoms with Crippen molar-refractivity contribution in [2.75, 3.05) is 0 Å². The average Bonchev–Trinajstić information content (AvgIpc) is 2.52. The molecule has 0 heterocycles. The number of sulfone groups is 1. The lowest BCUT2D eigenvalue weighted by Crippen LogP contribution is -2.11. The van der Waals surface area contributed by atoms with Crippen LogP contribution in [0.3, 0.4) is 0 Å². The fourth-order valence-electron chi connectivity index (χ4n) is 2.09. The minimum absolute atomic E-state index is 0.0673. The highest BCUT2D eigenvalue weighted by Gasteiger charge is 2.37. The molecule has 0 fully saturated rings. The average molecular weight is 429 g/mol. The van der Waals surface area contributed by atoms with Gasteiger partial charge in [-0.15, -0.1) is 0 Å². The summed E-state index contributed by atoms with van der Waals surface area (Å²) in [4.78, 5) is -0.200. The van der Waals surface area contributed by atoms with Gasteiger partial charge in [0.05, 0.1) is 26.5 Å². The molecule has 0 saturated heterocycles. The molecule has 0 aliphatic carbocycles. The quantitative estimate of drug-likeness (QED) is 0.558. The largest absolute Gasteiger partial charge is 0.416 e. The van der Waals surface area contributed by atoms with Gasteiger partial charge in [0.15, 0.2) is 0 Å². The van der Waals surface area contributed by atoms with Gasteiger partial charge in [-0.3, -0.25) is 0 Å². The van der Waals surface area contributed by atoms with Crippen molar-refractivity contribution in [3.05, 3.63) is 70.1 Å². The normalized spacial score (nSPS) is 13.7. The van der Waals surface area contributed by atoms with Gasteiger partial charge in [-0.2, -0.15) is 26.3 Å². The standard InChI is InChI=1S/C17H11ClF6O2S/c1-10-2-4-14(5-3-10)27(25,26)9-15(18)11-6-12(16(19,20)21)8-13(7-11)17(22,23)24/h2-9H,1H3/b15-9-. The minimum atomic E-state index is -5.07. The Morgan fingerprint density at radius 3 is 1.74 bits per heavy atom. The zero-order chi connectivity index (χ0) is 20.6.